The number of amides is 1. The molecule has 0 bridgehead atoms. The normalized spacial score (nSPS) is 16.8. The van der Waals surface area contributed by atoms with E-state index in [4.69, 9.17) is 9.47 Å². The summed E-state index contributed by atoms with van der Waals surface area (Å²) in [6.07, 6.45) is 1.82. The van der Waals surface area contributed by atoms with Gasteiger partial charge in [-0.25, -0.2) is 0 Å². The van der Waals surface area contributed by atoms with Crippen molar-refractivity contribution in [3.63, 3.8) is 0 Å². The second kappa shape index (κ2) is 8.49. The Morgan fingerprint density at radius 2 is 1.73 bits per heavy atom. The van der Waals surface area contributed by atoms with Gasteiger partial charge in [0.15, 0.2) is 11.5 Å². The van der Waals surface area contributed by atoms with Crippen molar-refractivity contribution in [2.45, 2.75) is 25.1 Å². The Hall–Kier alpha value is -2.14. The molecule has 1 aliphatic rings. The molecular formula is C21H25NO3S. The highest BCUT2D eigenvalue weighted by atomic mass is 32.2. The molecule has 2 aromatic carbocycles. The molecule has 1 unspecified atom stereocenters. The van der Waals surface area contributed by atoms with Crippen LogP contribution in [-0.4, -0.2) is 37.3 Å². The first-order valence-corrected chi connectivity index (χ1v) is 9.92. The van der Waals surface area contributed by atoms with Crippen LogP contribution in [-0.2, 0) is 17.6 Å². The highest BCUT2D eigenvalue weighted by molar-refractivity contribution is 8.00. The smallest absolute Gasteiger partial charge is 0.233 e. The number of nitrogens with zero attached hydrogens (tertiary/aromatic N) is 1. The molecule has 3 rings (SSSR count). The molecule has 0 N–H and O–H groups in total. The first-order valence-electron chi connectivity index (χ1n) is 8.87. The van der Waals surface area contributed by atoms with Crippen molar-refractivity contribution >= 4 is 17.7 Å². The summed E-state index contributed by atoms with van der Waals surface area (Å²) in [6.45, 7) is 2.85. The van der Waals surface area contributed by atoms with E-state index in [9.17, 15) is 4.79 Å². The number of hydrogen-bond acceptors (Lipinski definition) is 4. The Bertz CT molecular complexity index is 760. The Balaban J connectivity index is 1.71. The molecule has 0 spiro atoms. The second-order valence-electron chi connectivity index (χ2n) is 6.28. The van der Waals surface area contributed by atoms with Gasteiger partial charge in [-0.2, -0.15) is 0 Å². The van der Waals surface area contributed by atoms with Gasteiger partial charge in [0.05, 0.1) is 20.0 Å². The van der Waals surface area contributed by atoms with Crippen LogP contribution in [0.4, 0.5) is 0 Å². The first kappa shape index (κ1) is 18.6. The van der Waals surface area contributed by atoms with Gasteiger partial charge in [-0.15, -0.1) is 11.8 Å². The Morgan fingerprint density at radius 3 is 2.38 bits per heavy atom. The van der Waals surface area contributed by atoms with E-state index < -0.39 is 0 Å². The molecule has 1 aliphatic heterocycles. The third kappa shape index (κ3) is 3.98. The summed E-state index contributed by atoms with van der Waals surface area (Å²) in [5.41, 5.74) is 3.65. The van der Waals surface area contributed by atoms with Crippen LogP contribution in [0.15, 0.2) is 42.5 Å². The highest BCUT2D eigenvalue weighted by Gasteiger charge is 2.32. The zero-order valence-electron chi connectivity index (χ0n) is 15.5. The molecule has 1 fully saturated rings. The number of rotatable bonds is 7. The third-order valence-electron chi connectivity index (χ3n) is 4.73. The maximum absolute atomic E-state index is 12.4. The van der Waals surface area contributed by atoms with Gasteiger partial charge in [0.1, 0.15) is 5.37 Å². The van der Waals surface area contributed by atoms with Crippen molar-refractivity contribution in [2.75, 3.05) is 26.5 Å². The lowest BCUT2D eigenvalue weighted by atomic mass is 10.1. The van der Waals surface area contributed by atoms with Gasteiger partial charge in [-0.1, -0.05) is 37.3 Å². The van der Waals surface area contributed by atoms with Gasteiger partial charge in [0, 0.05) is 6.54 Å². The summed E-state index contributed by atoms with van der Waals surface area (Å²) < 4.78 is 10.7. The summed E-state index contributed by atoms with van der Waals surface area (Å²) in [5.74, 6) is 2.20. The highest BCUT2D eigenvalue weighted by Crippen LogP contribution is 2.39. The van der Waals surface area contributed by atoms with E-state index in [1.807, 2.05) is 23.1 Å². The lowest BCUT2D eigenvalue weighted by molar-refractivity contribution is -0.128. The van der Waals surface area contributed by atoms with Gasteiger partial charge in [-0.3, -0.25) is 4.79 Å². The summed E-state index contributed by atoms with van der Waals surface area (Å²) in [7, 11) is 3.27. The average molecular weight is 372 g/mol. The van der Waals surface area contributed by atoms with E-state index in [1.54, 1.807) is 26.0 Å². The lowest BCUT2D eigenvalue weighted by Crippen LogP contribution is -2.30. The molecule has 1 heterocycles. The Morgan fingerprint density at radius 1 is 1.04 bits per heavy atom. The first-order chi connectivity index (χ1) is 12.7. The van der Waals surface area contributed by atoms with E-state index in [2.05, 4.69) is 31.2 Å². The number of carbonyl (C=O) groups excluding carboxylic acids is 1. The van der Waals surface area contributed by atoms with Crippen LogP contribution in [0.25, 0.3) is 0 Å². The molecule has 0 aliphatic carbocycles. The van der Waals surface area contributed by atoms with Crippen LogP contribution in [0.2, 0.25) is 0 Å². The zero-order valence-corrected chi connectivity index (χ0v) is 16.3. The maximum atomic E-state index is 12.4. The molecule has 0 radical (unpaired) electrons. The van der Waals surface area contributed by atoms with Gasteiger partial charge < -0.3 is 14.4 Å². The summed E-state index contributed by atoms with van der Waals surface area (Å²) in [5, 5.41) is 0.105. The topological polar surface area (TPSA) is 38.8 Å². The predicted molar refractivity (Wildman–Crippen MR) is 106 cm³/mol. The molecular weight excluding hydrogens is 346 g/mol. The number of carbonyl (C=O) groups is 1. The van der Waals surface area contributed by atoms with Crippen LogP contribution >= 0.6 is 11.8 Å². The number of benzene rings is 2. The number of aryl methyl sites for hydroxylation is 1. The summed E-state index contributed by atoms with van der Waals surface area (Å²) in [4.78, 5) is 14.4. The maximum Gasteiger partial charge on any atom is 0.233 e. The van der Waals surface area contributed by atoms with Crippen LogP contribution < -0.4 is 9.47 Å². The number of hydrogen-bond donors (Lipinski definition) is 0. The third-order valence-corrected chi connectivity index (χ3v) is 5.99. The monoisotopic (exact) mass is 371 g/mol. The van der Waals surface area contributed by atoms with Crippen LogP contribution in [0.3, 0.4) is 0 Å². The van der Waals surface area contributed by atoms with Crippen LogP contribution in [0.5, 0.6) is 11.5 Å². The summed E-state index contributed by atoms with van der Waals surface area (Å²) >= 11 is 1.71. The minimum absolute atomic E-state index is 0.105. The minimum Gasteiger partial charge on any atom is -0.493 e. The zero-order chi connectivity index (χ0) is 18.5. The lowest BCUT2D eigenvalue weighted by Gasteiger charge is -2.24. The van der Waals surface area contributed by atoms with Crippen molar-refractivity contribution in [3.05, 3.63) is 59.2 Å². The second-order valence-corrected chi connectivity index (χ2v) is 7.35. The SMILES string of the molecule is CCc1ccc(C2SCC(=O)N2CCc2ccc(OC)c(OC)c2)cc1. The quantitative estimate of drug-likeness (QED) is 0.735. The van der Waals surface area contributed by atoms with E-state index in [0.29, 0.717) is 12.3 Å². The molecule has 26 heavy (non-hydrogen) atoms. The fourth-order valence-electron chi connectivity index (χ4n) is 3.18. The summed E-state index contributed by atoms with van der Waals surface area (Å²) in [6, 6.07) is 14.5. The van der Waals surface area contributed by atoms with Crippen molar-refractivity contribution in [1.29, 1.82) is 0 Å². The van der Waals surface area contributed by atoms with Crippen molar-refractivity contribution in [1.82, 2.24) is 4.90 Å². The predicted octanol–water partition coefficient (Wildman–Crippen LogP) is 4.08. The largest absolute Gasteiger partial charge is 0.493 e. The minimum atomic E-state index is 0.105. The van der Waals surface area contributed by atoms with Crippen molar-refractivity contribution in [3.8, 4) is 11.5 Å². The molecule has 1 amide bonds. The molecule has 2 aromatic rings. The van der Waals surface area contributed by atoms with Gasteiger partial charge >= 0.3 is 0 Å². The van der Waals surface area contributed by atoms with E-state index >= 15 is 0 Å². The molecule has 0 saturated carbocycles. The van der Waals surface area contributed by atoms with Gasteiger partial charge in [0.25, 0.3) is 0 Å². The van der Waals surface area contributed by atoms with Crippen LogP contribution in [0.1, 0.15) is 29.0 Å². The van der Waals surface area contributed by atoms with E-state index in [-0.39, 0.29) is 11.3 Å². The number of methoxy groups -OCH3 is 2. The van der Waals surface area contributed by atoms with Crippen molar-refractivity contribution < 1.29 is 14.3 Å². The van der Waals surface area contributed by atoms with Gasteiger partial charge in [0.2, 0.25) is 5.91 Å². The van der Waals surface area contributed by atoms with Gasteiger partial charge in [-0.05, 0) is 41.7 Å². The van der Waals surface area contributed by atoms with Crippen molar-refractivity contribution in [2.24, 2.45) is 0 Å². The Labute approximate surface area is 159 Å². The Kier molecular flexibility index (Phi) is 6.09. The number of thioether (sulfide) groups is 1. The molecule has 0 aromatic heterocycles. The molecule has 1 saturated heterocycles. The molecule has 4 nitrogen and oxygen atoms in total. The average Bonchev–Trinajstić information content (AvgIpc) is 3.06. The number of ether oxygens (including phenoxy) is 2. The molecule has 138 valence electrons. The standard InChI is InChI=1S/C21H25NO3S/c1-4-15-5-8-17(9-6-15)21-22(20(23)14-26-21)12-11-16-7-10-18(24-2)19(13-16)25-3/h5-10,13,21H,4,11-12,14H2,1-3H3. The fraction of sp³-hybridized carbons (Fsp3) is 0.381. The van der Waals surface area contributed by atoms with E-state index in [0.717, 1.165) is 29.9 Å². The molecule has 5 heteroatoms. The van der Waals surface area contributed by atoms with E-state index in [1.165, 1.54) is 11.1 Å². The molecule has 1 atom stereocenters. The van der Waals surface area contributed by atoms with Crippen LogP contribution in [0, 0.1) is 0 Å². The fourth-order valence-corrected chi connectivity index (χ4v) is 4.39.